The van der Waals surface area contributed by atoms with Gasteiger partial charge in [0, 0.05) is 30.1 Å². The Hall–Kier alpha value is -2.22. The van der Waals surface area contributed by atoms with Crippen LogP contribution in [0.25, 0.3) is 0 Å². The van der Waals surface area contributed by atoms with Gasteiger partial charge in [-0.2, -0.15) is 0 Å². The average molecular weight is 407 g/mol. The third-order valence-electron chi connectivity index (χ3n) is 4.38. The zero-order valence-electron chi connectivity index (χ0n) is 14.9. The number of anilines is 2. The summed E-state index contributed by atoms with van der Waals surface area (Å²) in [5.41, 5.74) is 2.78. The first-order valence-corrected chi connectivity index (χ1v) is 9.15. The van der Waals surface area contributed by atoms with Crippen LogP contribution in [-0.2, 0) is 6.54 Å². The van der Waals surface area contributed by atoms with E-state index in [-0.39, 0.29) is 18.1 Å². The van der Waals surface area contributed by atoms with E-state index < -0.39 is 4.92 Å². The molecule has 1 aliphatic rings. The van der Waals surface area contributed by atoms with E-state index in [0.29, 0.717) is 10.8 Å². The molecular weight excluding hydrogens is 384 g/mol. The molecule has 2 N–H and O–H groups in total. The highest BCUT2D eigenvalue weighted by Crippen LogP contribution is 2.18. The Bertz CT molecular complexity index is 780. The van der Waals surface area contributed by atoms with Gasteiger partial charge >= 0.3 is 0 Å². The number of hydrogen-bond acceptors (Lipinski definition) is 4. The second kappa shape index (κ2) is 10.2. The van der Waals surface area contributed by atoms with Crippen molar-refractivity contribution in [2.45, 2.75) is 25.8 Å². The molecule has 0 radical (unpaired) electrons. The van der Waals surface area contributed by atoms with Gasteiger partial charge in [0.25, 0.3) is 5.69 Å². The van der Waals surface area contributed by atoms with E-state index in [1.165, 1.54) is 50.0 Å². The minimum atomic E-state index is -0.428. The molecule has 3 rings (SSSR count). The smallest absolute Gasteiger partial charge is 0.271 e. The minimum Gasteiger partial charge on any atom is -0.332 e. The molecule has 1 saturated heterocycles. The maximum Gasteiger partial charge on any atom is 0.271 e. The van der Waals surface area contributed by atoms with Crippen LogP contribution >= 0.6 is 24.6 Å². The van der Waals surface area contributed by atoms with E-state index in [1.807, 2.05) is 12.1 Å². The minimum absolute atomic E-state index is 0. The molecule has 2 aromatic carbocycles. The molecule has 1 aliphatic heterocycles. The van der Waals surface area contributed by atoms with Crippen molar-refractivity contribution >= 4 is 46.8 Å². The maximum atomic E-state index is 10.8. The van der Waals surface area contributed by atoms with Crippen LogP contribution in [0.2, 0.25) is 0 Å². The number of nitrogens with zero attached hydrogens (tertiary/aromatic N) is 2. The third-order valence-corrected chi connectivity index (χ3v) is 4.59. The second-order valence-corrected chi connectivity index (χ2v) is 6.83. The van der Waals surface area contributed by atoms with Crippen LogP contribution in [0.1, 0.15) is 24.8 Å². The number of benzene rings is 2. The number of piperidine rings is 1. The molecule has 1 heterocycles. The van der Waals surface area contributed by atoms with Crippen molar-refractivity contribution in [3.63, 3.8) is 0 Å². The lowest BCUT2D eigenvalue weighted by Crippen LogP contribution is -2.29. The van der Waals surface area contributed by atoms with Gasteiger partial charge in [-0.05, 0) is 61.9 Å². The quantitative estimate of drug-likeness (QED) is 0.421. The van der Waals surface area contributed by atoms with E-state index in [4.69, 9.17) is 12.2 Å². The lowest BCUT2D eigenvalue weighted by Gasteiger charge is -2.26. The fraction of sp³-hybridized carbons (Fsp3) is 0.316. The third kappa shape index (κ3) is 6.46. The van der Waals surface area contributed by atoms with Crippen LogP contribution in [0, 0.1) is 10.1 Å². The van der Waals surface area contributed by atoms with Crippen molar-refractivity contribution in [3.8, 4) is 0 Å². The molecule has 27 heavy (non-hydrogen) atoms. The van der Waals surface area contributed by atoms with Gasteiger partial charge in [0.05, 0.1) is 4.92 Å². The number of non-ortho nitro benzene ring substituents is 1. The van der Waals surface area contributed by atoms with Gasteiger partial charge in [-0.1, -0.05) is 24.6 Å². The van der Waals surface area contributed by atoms with Gasteiger partial charge in [-0.3, -0.25) is 15.0 Å². The lowest BCUT2D eigenvalue weighted by atomic mass is 10.1. The SMILES string of the molecule is Cl.O=[N+]([O-])c1cccc(NC(=S)Nc2ccc(CN3CCCCC3)cc2)c1. The Morgan fingerprint density at radius 1 is 1.04 bits per heavy atom. The highest BCUT2D eigenvalue weighted by atomic mass is 35.5. The van der Waals surface area contributed by atoms with E-state index >= 15 is 0 Å². The normalized spacial score (nSPS) is 14.1. The monoisotopic (exact) mass is 406 g/mol. The Balaban J connectivity index is 0.00000261. The standard InChI is InChI=1S/C19H22N4O2S.ClH/c24-23(25)18-6-4-5-17(13-18)21-19(26)20-16-9-7-15(8-10-16)14-22-11-2-1-3-12-22;/h4-10,13H,1-3,11-12,14H2,(H2,20,21,26);1H. The average Bonchev–Trinajstić information content (AvgIpc) is 2.64. The highest BCUT2D eigenvalue weighted by Gasteiger charge is 2.10. The number of likely N-dealkylation sites (tertiary alicyclic amines) is 1. The molecule has 0 aromatic heterocycles. The van der Waals surface area contributed by atoms with Crippen LogP contribution in [0.5, 0.6) is 0 Å². The topological polar surface area (TPSA) is 70.4 Å². The summed E-state index contributed by atoms with van der Waals surface area (Å²) in [6, 6.07) is 14.5. The molecule has 0 saturated carbocycles. The molecule has 0 amide bonds. The van der Waals surface area contributed by atoms with Gasteiger partial charge in [0.1, 0.15) is 0 Å². The van der Waals surface area contributed by atoms with Crippen molar-refractivity contribution in [2.24, 2.45) is 0 Å². The summed E-state index contributed by atoms with van der Waals surface area (Å²) in [7, 11) is 0. The van der Waals surface area contributed by atoms with E-state index in [2.05, 4.69) is 27.7 Å². The fourth-order valence-corrected chi connectivity index (χ4v) is 3.30. The predicted octanol–water partition coefficient (Wildman–Crippen LogP) is 4.81. The Kier molecular flexibility index (Phi) is 7.97. The Morgan fingerprint density at radius 2 is 1.70 bits per heavy atom. The first-order chi connectivity index (χ1) is 12.6. The maximum absolute atomic E-state index is 10.8. The zero-order valence-corrected chi connectivity index (χ0v) is 16.5. The molecule has 0 bridgehead atoms. The summed E-state index contributed by atoms with van der Waals surface area (Å²) in [6.45, 7) is 3.34. The number of rotatable bonds is 5. The number of nitrogens with one attached hydrogen (secondary N) is 2. The number of nitro benzene ring substituents is 1. The Labute approximate surface area is 170 Å². The first-order valence-electron chi connectivity index (χ1n) is 8.74. The number of hydrogen-bond donors (Lipinski definition) is 2. The molecule has 0 atom stereocenters. The summed E-state index contributed by atoms with van der Waals surface area (Å²) in [5.74, 6) is 0. The van der Waals surface area contributed by atoms with E-state index in [1.54, 1.807) is 12.1 Å². The van der Waals surface area contributed by atoms with Crippen LogP contribution < -0.4 is 10.6 Å². The van der Waals surface area contributed by atoms with Crippen LogP contribution in [0.15, 0.2) is 48.5 Å². The predicted molar refractivity (Wildman–Crippen MR) is 116 cm³/mol. The molecule has 8 heteroatoms. The van der Waals surface area contributed by atoms with Crippen LogP contribution in [0.3, 0.4) is 0 Å². The number of thiocarbonyl (C=S) groups is 1. The highest BCUT2D eigenvalue weighted by molar-refractivity contribution is 7.80. The molecule has 144 valence electrons. The molecule has 0 aliphatic carbocycles. The van der Waals surface area contributed by atoms with Gasteiger partial charge < -0.3 is 10.6 Å². The summed E-state index contributed by atoms with van der Waals surface area (Å²) in [4.78, 5) is 12.9. The largest absolute Gasteiger partial charge is 0.332 e. The fourth-order valence-electron chi connectivity index (χ4n) is 3.06. The Morgan fingerprint density at radius 3 is 2.37 bits per heavy atom. The molecule has 0 spiro atoms. The molecule has 1 fully saturated rings. The summed E-state index contributed by atoms with van der Waals surface area (Å²) in [6.07, 6.45) is 3.92. The van der Waals surface area contributed by atoms with Crippen molar-refractivity contribution in [1.29, 1.82) is 0 Å². The number of halogens is 1. The lowest BCUT2D eigenvalue weighted by molar-refractivity contribution is -0.384. The molecular formula is C19H23ClN4O2S. The van der Waals surface area contributed by atoms with Crippen molar-refractivity contribution in [2.75, 3.05) is 23.7 Å². The van der Waals surface area contributed by atoms with E-state index in [0.717, 1.165) is 12.2 Å². The number of nitro groups is 1. The zero-order chi connectivity index (χ0) is 18.4. The van der Waals surface area contributed by atoms with Crippen LogP contribution in [-0.4, -0.2) is 28.0 Å². The summed E-state index contributed by atoms with van der Waals surface area (Å²) < 4.78 is 0. The van der Waals surface area contributed by atoms with Gasteiger partial charge in [-0.15, -0.1) is 12.4 Å². The van der Waals surface area contributed by atoms with Crippen molar-refractivity contribution < 1.29 is 4.92 Å². The van der Waals surface area contributed by atoms with Crippen molar-refractivity contribution in [3.05, 3.63) is 64.2 Å². The molecule has 2 aromatic rings. The summed E-state index contributed by atoms with van der Waals surface area (Å²) in [5, 5.41) is 17.3. The van der Waals surface area contributed by atoms with Gasteiger partial charge in [0.15, 0.2) is 5.11 Å². The molecule has 6 nitrogen and oxygen atoms in total. The molecule has 0 unspecified atom stereocenters. The first kappa shape index (κ1) is 21.1. The van der Waals surface area contributed by atoms with E-state index in [9.17, 15) is 10.1 Å². The second-order valence-electron chi connectivity index (χ2n) is 6.42. The van der Waals surface area contributed by atoms with Crippen molar-refractivity contribution in [1.82, 2.24) is 4.90 Å². The summed E-state index contributed by atoms with van der Waals surface area (Å²) >= 11 is 5.29. The van der Waals surface area contributed by atoms with Crippen LogP contribution in [0.4, 0.5) is 17.1 Å². The van der Waals surface area contributed by atoms with Gasteiger partial charge in [0.2, 0.25) is 0 Å². The van der Waals surface area contributed by atoms with Gasteiger partial charge in [-0.25, -0.2) is 0 Å².